The van der Waals surface area contributed by atoms with Crippen LogP contribution in [0.2, 0.25) is 0 Å². The van der Waals surface area contributed by atoms with Crippen LogP contribution in [0.25, 0.3) is 0 Å². The number of nitrogens with two attached hydrogens (primary N) is 1. The van der Waals surface area contributed by atoms with E-state index >= 15 is 0 Å². The van der Waals surface area contributed by atoms with E-state index in [1.165, 1.54) is 6.42 Å². The third-order valence-corrected chi connectivity index (χ3v) is 2.67. The summed E-state index contributed by atoms with van der Waals surface area (Å²) < 4.78 is 4.37. The van der Waals surface area contributed by atoms with Crippen molar-refractivity contribution in [1.29, 1.82) is 0 Å². The van der Waals surface area contributed by atoms with Gasteiger partial charge in [0, 0.05) is 6.04 Å². The van der Waals surface area contributed by atoms with Crippen LogP contribution < -0.4 is 11.1 Å². The van der Waals surface area contributed by atoms with E-state index in [9.17, 15) is 4.79 Å². The summed E-state index contributed by atoms with van der Waals surface area (Å²) in [5.41, 5.74) is 5.50. The predicted molar refractivity (Wildman–Crippen MR) is 53.0 cm³/mol. The maximum absolute atomic E-state index is 11.6. The van der Waals surface area contributed by atoms with Crippen molar-refractivity contribution in [2.45, 2.75) is 38.1 Å². The Balaban J connectivity index is 1.94. The molecule has 1 aliphatic carbocycles. The van der Waals surface area contributed by atoms with Gasteiger partial charge in [0.05, 0.1) is 0 Å². The van der Waals surface area contributed by atoms with E-state index in [-0.39, 0.29) is 23.5 Å². The summed E-state index contributed by atoms with van der Waals surface area (Å²) in [4.78, 5) is 11.6. The molecule has 1 aromatic heterocycles. The topological polar surface area (TPSA) is 94.0 Å². The Morgan fingerprint density at radius 1 is 1.33 bits per heavy atom. The van der Waals surface area contributed by atoms with Crippen molar-refractivity contribution in [1.82, 2.24) is 15.6 Å². The molecule has 15 heavy (non-hydrogen) atoms. The number of nitrogens with zero attached hydrogens (tertiary/aromatic N) is 2. The van der Waals surface area contributed by atoms with Gasteiger partial charge < -0.3 is 11.1 Å². The van der Waals surface area contributed by atoms with Crippen molar-refractivity contribution in [3.8, 4) is 0 Å². The number of rotatable bonds is 2. The number of anilines is 1. The first-order chi connectivity index (χ1) is 7.27. The minimum absolute atomic E-state index is 0.0447. The second-order valence-corrected chi connectivity index (χ2v) is 3.81. The van der Waals surface area contributed by atoms with E-state index in [0.29, 0.717) is 0 Å². The van der Waals surface area contributed by atoms with Gasteiger partial charge in [0.25, 0.3) is 5.91 Å². The number of nitrogen functional groups attached to an aromatic ring is 1. The molecule has 6 nitrogen and oxygen atoms in total. The van der Waals surface area contributed by atoms with Gasteiger partial charge in [0.2, 0.25) is 11.5 Å². The smallest absolute Gasteiger partial charge is 0.277 e. The first kappa shape index (κ1) is 9.95. The van der Waals surface area contributed by atoms with E-state index < -0.39 is 0 Å². The minimum atomic E-state index is -0.291. The monoisotopic (exact) mass is 210 g/mol. The maximum Gasteiger partial charge on any atom is 0.277 e. The summed E-state index contributed by atoms with van der Waals surface area (Å²) in [5.74, 6) is -0.246. The molecule has 1 saturated carbocycles. The highest BCUT2D eigenvalue weighted by molar-refractivity contribution is 5.96. The lowest BCUT2D eigenvalue weighted by Crippen LogP contribution is -2.36. The Bertz CT molecular complexity index is 344. The molecule has 0 unspecified atom stereocenters. The fourth-order valence-electron chi connectivity index (χ4n) is 1.85. The number of carbonyl (C=O) groups excluding carboxylic acids is 1. The van der Waals surface area contributed by atoms with E-state index in [0.717, 1.165) is 25.7 Å². The second-order valence-electron chi connectivity index (χ2n) is 3.81. The quantitative estimate of drug-likeness (QED) is 0.749. The molecule has 0 spiro atoms. The first-order valence-corrected chi connectivity index (χ1v) is 5.16. The molecule has 0 bridgehead atoms. The van der Waals surface area contributed by atoms with Crippen LogP contribution >= 0.6 is 0 Å². The summed E-state index contributed by atoms with van der Waals surface area (Å²) in [6.45, 7) is 0. The van der Waals surface area contributed by atoms with Crippen LogP contribution in [-0.4, -0.2) is 22.3 Å². The normalized spacial score (nSPS) is 17.6. The highest BCUT2D eigenvalue weighted by atomic mass is 16.6. The number of amides is 1. The van der Waals surface area contributed by atoms with Crippen LogP contribution in [0.3, 0.4) is 0 Å². The summed E-state index contributed by atoms with van der Waals surface area (Å²) in [6.07, 6.45) is 5.63. The molecule has 1 heterocycles. The number of carbonyl (C=O) groups is 1. The van der Waals surface area contributed by atoms with Crippen molar-refractivity contribution in [3.05, 3.63) is 5.69 Å². The van der Waals surface area contributed by atoms with Crippen LogP contribution in [-0.2, 0) is 0 Å². The summed E-state index contributed by atoms with van der Waals surface area (Å²) >= 11 is 0. The Labute approximate surface area is 87.2 Å². The van der Waals surface area contributed by atoms with Crippen molar-refractivity contribution >= 4 is 11.7 Å². The van der Waals surface area contributed by atoms with Gasteiger partial charge >= 0.3 is 0 Å². The van der Waals surface area contributed by atoms with E-state index in [4.69, 9.17) is 5.73 Å². The summed E-state index contributed by atoms with van der Waals surface area (Å²) in [6, 6.07) is 0.238. The van der Waals surface area contributed by atoms with Gasteiger partial charge in [-0.3, -0.25) is 4.79 Å². The van der Waals surface area contributed by atoms with Crippen LogP contribution in [0.1, 0.15) is 42.6 Å². The molecular weight excluding hydrogens is 196 g/mol. The molecule has 6 heteroatoms. The molecule has 1 fully saturated rings. The zero-order chi connectivity index (χ0) is 10.7. The SMILES string of the molecule is Nc1nonc1C(=O)NC1CCCCC1. The lowest BCUT2D eigenvalue weighted by molar-refractivity contribution is 0.0918. The van der Waals surface area contributed by atoms with E-state index in [1.54, 1.807) is 0 Å². The lowest BCUT2D eigenvalue weighted by atomic mass is 9.95. The molecule has 0 aromatic carbocycles. The predicted octanol–water partition coefficient (Wildman–Crippen LogP) is 0.714. The van der Waals surface area contributed by atoms with Gasteiger partial charge in [-0.05, 0) is 23.2 Å². The first-order valence-electron chi connectivity index (χ1n) is 5.16. The lowest BCUT2D eigenvalue weighted by Gasteiger charge is -2.22. The van der Waals surface area contributed by atoms with Crippen molar-refractivity contribution in [2.24, 2.45) is 0 Å². The molecule has 0 atom stereocenters. The third kappa shape index (κ3) is 2.26. The second kappa shape index (κ2) is 4.29. The van der Waals surface area contributed by atoms with Crippen LogP contribution in [0, 0.1) is 0 Å². The Hall–Kier alpha value is -1.59. The summed E-state index contributed by atoms with van der Waals surface area (Å²) in [7, 11) is 0. The molecule has 0 saturated heterocycles. The highest BCUT2D eigenvalue weighted by Crippen LogP contribution is 2.18. The number of hydrogen-bond acceptors (Lipinski definition) is 5. The highest BCUT2D eigenvalue weighted by Gasteiger charge is 2.20. The van der Waals surface area contributed by atoms with Gasteiger partial charge in [0.15, 0.2) is 0 Å². The van der Waals surface area contributed by atoms with Gasteiger partial charge in [-0.1, -0.05) is 19.3 Å². The maximum atomic E-state index is 11.6. The zero-order valence-corrected chi connectivity index (χ0v) is 8.40. The molecule has 0 aliphatic heterocycles. The zero-order valence-electron chi connectivity index (χ0n) is 8.40. The van der Waals surface area contributed by atoms with Gasteiger partial charge in [-0.2, -0.15) is 0 Å². The number of aromatic nitrogens is 2. The van der Waals surface area contributed by atoms with Crippen LogP contribution in [0.4, 0.5) is 5.82 Å². The molecule has 82 valence electrons. The average Bonchev–Trinajstić information content (AvgIpc) is 2.66. The van der Waals surface area contributed by atoms with Crippen molar-refractivity contribution in [2.75, 3.05) is 5.73 Å². The molecule has 1 aliphatic rings. The number of nitrogens with one attached hydrogen (secondary N) is 1. The van der Waals surface area contributed by atoms with E-state index in [2.05, 4.69) is 20.3 Å². The fraction of sp³-hybridized carbons (Fsp3) is 0.667. The average molecular weight is 210 g/mol. The standard InChI is InChI=1S/C9H14N4O2/c10-8-7(12-15-13-8)9(14)11-6-4-2-1-3-5-6/h6H,1-5H2,(H2,10,13)(H,11,14). The fourth-order valence-corrected chi connectivity index (χ4v) is 1.85. The van der Waals surface area contributed by atoms with Crippen LogP contribution in [0.15, 0.2) is 4.63 Å². The summed E-state index contributed by atoms with van der Waals surface area (Å²) in [5, 5.41) is 9.70. The van der Waals surface area contributed by atoms with Gasteiger partial charge in [0.1, 0.15) is 0 Å². The Kier molecular flexibility index (Phi) is 2.84. The van der Waals surface area contributed by atoms with Crippen molar-refractivity contribution in [3.63, 3.8) is 0 Å². The van der Waals surface area contributed by atoms with Gasteiger partial charge in [-0.15, -0.1) is 0 Å². The Morgan fingerprint density at radius 2 is 2.07 bits per heavy atom. The third-order valence-electron chi connectivity index (χ3n) is 2.67. The molecule has 2 rings (SSSR count). The van der Waals surface area contributed by atoms with Crippen molar-refractivity contribution < 1.29 is 9.42 Å². The van der Waals surface area contributed by atoms with Crippen LogP contribution in [0.5, 0.6) is 0 Å². The Morgan fingerprint density at radius 3 is 2.67 bits per heavy atom. The number of hydrogen-bond donors (Lipinski definition) is 2. The largest absolute Gasteiger partial charge is 0.379 e. The van der Waals surface area contributed by atoms with Gasteiger partial charge in [-0.25, -0.2) is 4.63 Å². The molecule has 3 N–H and O–H groups in total. The minimum Gasteiger partial charge on any atom is -0.379 e. The molecule has 0 radical (unpaired) electrons. The molecular formula is C9H14N4O2. The molecule has 1 amide bonds. The van der Waals surface area contributed by atoms with E-state index in [1.807, 2.05) is 0 Å². The molecule has 1 aromatic rings.